The zero-order valence-corrected chi connectivity index (χ0v) is 12.4. The smallest absolute Gasteiger partial charge is 0.251 e. The fourth-order valence-electron chi connectivity index (χ4n) is 1.96. The van der Waals surface area contributed by atoms with Crippen molar-refractivity contribution in [2.45, 2.75) is 19.8 Å². The summed E-state index contributed by atoms with van der Waals surface area (Å²) in [6, 6.07) is 7.40. The van der Waals surface area contributed by atoms with Crippen molar-refractivity contribution in [3.05, 3.63) is 35.4 Å². The summed E-state index contributed by atoms with van der Waals surface area (Å²) in [4.78, 5) is 23.3. The van der Waals surface area contributed by atoms with Crippen molar-refractivity contribution in [1.82, 2.24) is 16.0 Å². The van der Waals surface area contributed by atoms with Gasteiger partial charge in [0.2, 0.25) is 5.91 Å². The summed E-state index contributed by atoms with van der Waals surface area (Å²) in [5.41, 5.74) is 1.76. The topological polar surface area (TPSA) is 70.2 Å². The van der Waals surface area contributed by atoms with E-state index in [0.717, 1.165) is 18.0 Å². The van der Waals surface area contributed by atoms with Crippen LogP contribution in [0.4, 0.5) is 0 Å². The highest BCUT2D eigenvalue weighted by atomic mass is 16.2. The Morgan fingerprint density at radius 2 is 1.76 bits per heavy atom. The van der Waals surface area contributed by atoms with Crippen LogP contribution in [0, 0.1) is 12.8 Å². The monoisotopic (exact) mass is 289 g/mol. The van der Waals surface area contributed by atoms with Gasteiger partial charge in [-0.3, -0.25) is 9.59 Å². The minimum Gasteiger partial charge on any atom is -0.353 e. The predicted octanol–water partition coefficient (Wildman–Crippen LogP) is 0.841. The van der Waals surface area contributed by atoms with Crippen molar-refractivity contribution in [2.24, 2.45) is 5.92 Å². The molecule has 0 aliphatic heterocycles. The van der Waals surface area contributed by atoms with E-state index in [-0.39, 0.29) is 11.8 Å². The maximum absolute atomic E-state index is 11.8. The Bertz CT molecular complexity index is 481. The van der Waals surface area contributed by atoms with Crippen LogP contribution in [0.1, 0.15) is 28.8 Å². The van der Waals surface area contributed by atoms with Gasteiger partial charge < -0.3 is 16.0 Å². The Labute approximate surface area is 125 Å². The number of nitrogens with one attached hydrogen (secondary N) is 3. The van der Waals surface area contributed by atoms with Gasteiger partial charge >= 0.3 is 0 Å². The molecule has 21 heavy (non-hydrogen) atoms. The number of carbonyl (C=O) groups is 2. The summed E-state index contributed by atoms with van der Waals surface area (Å²) in [6.45, 7) is 4.14. The Kier molecular flexibility index (Phi) is 5.75. The van der Waals surface area contributed by atoms with Crippen molar-refractivity contribution in [2.75, 3.05) is 26.2 Å². The van der Waals surface area contributed by atoms with Crippen LogP contribution < -0.4 is 16.0 Å². The van der Waals surface area contributed by atoms with E-state index in [1.54, 1.807) is 12.1 Å². The SMILES string of the molecule is Cc1ccc(C(=O)NCCNC(=O)CNCC2CC2)cc1. The third kappa shape index (κ3) is 5.95. The van der Waals surface area contributed by atoms with Crippen LogP contribution in [0.5, 0.6) is 0 Å². The van der Waals surface area contributed by atoms with Crippen LogP contribution in [-0.4, -0.2) is 38.0 Å². The average molecular weight is 289 g/mol. The molecule has 3 N–H and O–H groups in total. The van der Waals surface area contributed by atoms with E-state index in [1.165, 1.54) is 12.8 Å². The molecular weight excluding hydrogens is 266 g/mol. The number of hydrogen-bond acceptors (Lipinski definition) is 3. The highest BCUT2D eigenvalue weighted by Gasteiger charge is 2.20. The molecule has 0 spiro atoms. The first-order valence-corrected chi connectivity index (χ1v) is 7.47. The van der Waals surface area contributed by atoms with Gasteiger partial charge in [-0.2, -0.15) is 0 Å². The van der Waals surface area contributed by atoms with Gasteiger partial charge in [0, 0.05) is 18.7 Å². The quantitative estimate of drug-likeness (QED) is 0.621. The first-order chi connectivity index (χ1) is 10.1. The van der Waals surface area contributed by atoms with Crippen molar-refractivity contribution in [3.8, 4) is 0 Å². The van der Waals surface area contributed by atoms with Crippen molar-refractivity contribution in [1.29, 1.82) is 0 Å². The van der Waals surface area contributed by atoms with E-state index >= 15 is 0 Å². The number of hydrogen-bond donors (Lipinski definition) is 3. The molecule has 2 amide bonds. The van der Waals surface area contributed by atoms with Gasteiger partial charge in [-0.05, 0) is 44.4 Å². The van der Waals surface area contributed by atoms with Crippen LogP contribution in [0.25, 0.3) is 0 Å². The van der Waals surface area contributed by atoms with Gasteiger partial charge in [0.15, 0.2) is 0 Å². The first kappa shape index (κ1) is 15.5. The second kappa shape index (κ2) is 7.78. The van der Waals surface area contributed by atoms with Gasteiger partial charge in [0.05, 0.1) is 6.54 Å². The predicted molar refractivity (Wildman–Crippen MR) is 82.1 cm³/mol. The van der Waals surface area contributed by atoms with Gasteiger partial charge in [0.1, 0.15) is 0 Å². The lowest BCUT2D eigenvalue weighted by Crippen LogP contribution is -2.39. The van der Waals surface area contributed by atoms with E-state index < -0.39 is 0 Å². The van der Waals surface area contributed by atoms with Crippen LogP contribution in [-0.2, 0) is 4.79 Å². The standard InChI is InChI=1S/C16H23N3O2/c1-12-2-6-14(7-3-12)16(21)19-9-8-18-15(20)11-17-10-13-4-5-13/h2-3,6-7,13,17H,4-5,8-11H2,1H3,(H,18,20)(H,19,21). The maximum Gasteiger partial charge on any atom is 0.251 e. The van der Waals surface area contributed by atoms with E-state index in [2.05, 4.69) is 16.0 Å². The van der Waals surface area contributed by atoms with E-state index in [4.69, 9.17) is 0 Å². The molecule has 0 atom stereocenters. The van der Waals surface area contributed by atoms with E-state index in [9.17, 15) is 9.59 Å². The fraction of sp³-hybridized carbons (Fsp3) is 0.500. The Balaban J connectivity index is 1.54. The van der Waals surface area contributed by atoms with Crippen LogP contribution >= 0.6 is 0 Å². The minimum absolute atomic E-state index is 0.0276. The molecule has 1 saturated carbocycles. The van der Waals surface area contributed by atoms with Crippen LogP contribution in [0.2, 0.25) is 0 Å². The molecule has 0 heterocycles. The fourth-order valence-corrected chi connectivity index (χ4v) is 1.96. The second-order valence-corrected chi connectivity index (χ2v) is 5.55. The van der Waals surface area contributed by atoms with E-state index in [1.807, 2.05) is 19.1 Å². The molecule has 0 saturated heterocycles. The Morgan fingerprint density at radius 1 is 1.10 bits per heavy atom. The summed E-state index contributed by atoms with van der Waals surface area (Å²) >= 11 is 0. The lowest BCUT2D eigenvalue weighted by molar-refractivity contribution is -0.120. The molecule has 2 rings (SSSR count). The molecule has 1 aliphatic rings. The minimum atomic E-state index is -0.115. The molecule has 1 aromatic rings. The molecular formula is C16H23N3O2. The second-order valence-electron chi connectivity index (χ2n) is 5.55. The molecule has 0 unspecified atom stereocenters. The van der Waals surface area contributed by atoms with E-state index in [0.29, 0.717) is 25.2 Å². The summed E-state index contributed by atoms with van der Waals surface area (Å²) in [6.07, 6.45) is 2.55. The number of aryl methyl sites for hydroxylation is 1. The third-order valence-corrected chi connectivity index (χ3v) is 3.46. The molecule has 5 heteroatoms. The number of rotatable bonds is 8. The zero-order valence-electron chi connectivity index (χ0n) is 12.4. The molecule has 1 aromatic carbocycles. The maximum atomic E-state index is 11.8. The largest absolute Gasteiger partial charge is 0.353 e. The number of amides is 2. The summed E-state index contributed by atoms with van der Waals surface area (Å²) in [5.74, 6) is 0.628. The molecule has 0 bridgehead atoms. The van der Waals surface area contributed by atoms with Gasteiger partial charge in [0.25, 0.3) is 5.91 Å². The Morgan fingerprint density at radius 3 is 2.43 bits per heavy atom. The molecule has 1 fully saturated rings. The van der Waals surface area contributed by atoms with Crippen molar-refractivity contribution < 1.29 is 9.59 Å². The van der Waals surface area contributed by atoms with Crippen LogP contribution in [0.3, 0.4) is 0 Å². The Hall–Kier alpha value is -1.88. The average Bonchev–Trinajstić information content (AvgIpc) is 3.28. The van der Waals surface area contributed by atoms with Gasteiger partial charge in [-0.25, -0.2) is 0 Å². The first-order valence-electron chi connectivity index (χ1n) is 7.47. The molecule has 5 nitrogen and oxygen atoms in total. The molecule has 0 radical (unpaired) electrons. The third-order valence-electron chi connectivity index (χ3n) is 3.46. The lowest BCUT2D eigenvalue weighted by atomic mass is 10.1. The normalized spacial score (nSPS) is 13.8. The summed E-state index contributed by atoms with van der Waals surface area (Å²) in [5, 5.41) is 8.69. The van der Waals surface area contributed by atoms with Gasteiger partial charge in [-0.15, -0.1) is 0 Å². The number of carbonyl (C=O) groups excluding carboxylic acids is 2. The highest BCUT2D eigenvalue weighted by molar-refractivity contribution is 5.94. The van der Waals surface area contributed by atoms with Crippen molar-refractivity contribution >= 4 is 11.8 Å². The molecule has 1 aliphatic carbocycles. The molecule has 0 aromatic heterocycles. The van der Waals surface area contributed by atoms with Crippen LogP contribution in [0.15, 0.2) is 24.3 Å². The highest BCUT2D eigenvalue weighted by Crippen LogP contribution is 2.27. The summed E-state index contributed by atoms with van der Waals surface area (Å²) < 4.78 is 0. The lowest BCUT2D eigenvalue weighted by Gasteiger charge is -2.08. The number of benzene rings is 1. The van der Waals surface area contributed by atoms with Crippen molar-refractivity contribution in [3.63, 3.8) is 0 Å². The zero-order chi connectivity index (χ0) is 15.1. The summed E-state index contributed by atoms with van der Waals surface area (Å²) in [7, 11) is 0. The van der Waals surface area contributed by atoms with Gasteiger partial charge in [-0.1, -0.05) is 17.7 Å². The molecule has 114 valence electrons.